The second kappa shape index (κ2) is 6.38. The molecule has 2 N–H and O–H groups in total. The molecule has 4 rings (SSSR count). The van der Waals surface area contributed by atoms with E-state index < -0.39 is 0 Å². The predicted octanol–water partition coefficient (Wildman–Crippen LogP) is 4.49. The van der Waals surface area contributed by atoms with E-state index in [0.717, 1.165) is 46.3 Å². The van der Waals surface area contributed by atoms with E-state index in [9.17, 15) is 0 Å². The van der Waals surface area contributed by atoms with Gasteiger partial charge in [0, 0.05) is 29.3 Å². The predicted molar refractivity (Wildman–Crippen MR) is 99.2 cm³/mol. The van der Waals surface area contributed by atoms with Crippen molar-refractivity contribution in [1.82, 2.24) is 9.97 Å². The highest BCUT2D eigenvalue weighted by Gasteiger charge is 2.13. The van der Waals surface area contributed by atoms with Crippen LogP contribution in [-0.4, -0.2) is 9.97 Å². The molecule has 3 heteroatoms. The average Bonchev–Trinajstić information content (AvgIpc) is 2.68. The molecule has 118 valence electrons. The van der Waals surface area contributed by atoms with Gasteiger partial charge in [0.25, 0.3) is 0 Å². The van der Waals surface area contributed by atoms with E-state index in [4.69, 9.17) is 10.7 Å². The number of benzene rings is 1. The van der Waals surface area contributed by atoms with E-state index in [1.807, 2.05) is 6.07 Å². The first-order chi connectivity index (χ1) is 11.8. The number of nitrogens with zero attached hydrogens (tertiary/aromatic N) is 2. The van der Waals surface area contributed by atoms with Gasteiger partial charge in [-0.1, -0.05) is 42.5 Å². The molecule has 24 heavy (non-hydrogen) atoms. The van der Waals surface area contributed by atoms with Crippen LogP contribution in [0.5, 0.6) is 0 Å². The second-order valence-corrected chi connectivity index (χ2v) is 5.97. The lowest BCUT2D eigenvalue weighted by atomic mass is 9.94. The molecule has 0 bridgehead atoms. The van der Waals surface area contributed by atoms with E-state index in [-0.39, 0.29) is 0 Å². The Morgan fingerprint density at radius 3 is 2.67 bits per heavy atom. The van der Waals surface area contributed by atoms with Gasteiger partial charge in [0.2, 0.25) is 0 Å². The van der Waals surface area contributed by atoms with Crippen molar-refractivity contribution in [2.45, 2.75) is 19.4 Å². The molecule has 3 nitrogen and oxygen atoms in total. The summed E-state index contributed by atoms with van der Waals surface area (Å²) >= 11 is 0. The first kappa shape index (κ1) is 14.8. The van der Waals surface area contributed by atoms with Crippen molar-refractivity contribution in [2.75, 3.05) is 0 Å². The summed E-state index contributed by atoms with van der Waals surface area (Å²) in [6, 6.07) is 14.5. The topological polar surface area (TPSA) is 51.8 Å². The SMILES string of the molecule is NCc1ccc(-c2nc3ncccc3cc2C2=CCCC=C2)cc1. The molecule has 0 saturated heterocycles. The van der Waals surface area contributed by atoms with Crippen molar-refractivity contribution in [1.29, 1.82) is 0 Å². The number of aromatic nitrogens is 2. The van der Waals surface area contributed by atoms with Gasteiger partial charge in [0.05, 0.1) is 5.69 Å². The van der Waals surface area contributed by atoms with Crippen LogP contribution in [0, 0.1) is 0 Å². The van der Waals surface area contributed by atoms with E-state index in [2.05, 4.69) is 59.6 Å². The van der Waals surface area contributed by atoms with Crippen LogP contribution in [0.3, 0.4) is 0 Å². The average molecular weight is 313 g/mol. The molecule has 0 spiro atoms. The van der Waals surface area contributed by atoms with Crippen LogP contribution in [0.15, 0.2) is 66.9 Å². The smallest absolute Gasteiger partial charge is 0.159 e. The van der Waals surface area contributed by atoms with Crippen molar-refractivity contribution in [3.63, 3.8) is 0 Å². The van der Waals surface area contributed by atoms with Gasteiger partial charge in [-0.2, -0.15) is 0 Å². The Kier molecular flexibility index (Phi) is 3.93. The third-order valence-corrected chi connectivity index (χ3v) is 4.36. The monoisotopic (exact) mass is 313 g/mol. The van der Waals surface area contributed by atoms with Gasteiger partial charge in [-0.05, 0) is 42.2 Å². The third kappa shape index (κ3) is 2.74. The number of pyridine rings is 2. The largest absolute Gasteiger partial charge is 0.326 e. The number of allylic oxidation sites excluding steroid dienone is 4. The van der Waals surface area contributed by atoms with Crippen LogP contribution in [0.2, 0.25) is 0 Å². The van der Waals surface area contributed by atoms with Gasteiger partial charge in [-0.25, -0.2) is 9.97 Å². The molecule has 2 heterocycles. The lowest BCUT2D eigenvalue weighted by Gasteiger charge is -2.14. The number of nitrogens with two attached hydrogens (primary N) is 1. The van der Waals surface area contributed by atoms with Gasteiger partial charge in [-0.3, -0.25) is 0 Å². The highest BCUT2D eigenvalue weighted by Crippen LogP contribution is 2.32. The number of fused-ring (bicyclic) bond motifs is 1. The summed E-state index contributed by atoms with van der Waals surface area (Å²) in [6.07, 6.45) is 10.7. The molecular weight excluding hydrogens is 294 g/mol. The number of rotatable bonds is 3. The van der Waals surface area contributed by atoms with Crippen LogP contribution in [0.25, 0.3) is 27.9 Å². The molecule has 0 unspecified atom stereocenters. The molecule has 0 saturated carbocycles. The Balaban J connectivity index is 1.93. The third-order valence-electron chi connectivity index (χ3n) is 4.36. The Bertz CT molecular complexity index is 937. The minimum atomic E-state index is 0.549. The summed E-state index contributed by atoms with van der Waals surface area (Å²) < 4.78 is 0. The zero-order valence-electron chi connectivity index (χ0n) is 13.4. The second-order valence-electron chi connectivity index (χ2n) is 5.97. The van der Waals surface area contributed by atoms with E-state index in [0.29, 0.717) is 6.54 Å². The van der Waals surface area contributed by atoms with Gasteiger partial charge in [0.1, 0.15) is 0 Å². The summed E-state index contributed by atoms with van der Waals surface area (Å²) in [4.78, 5) is 9.28. The van der Waals surface area contributed by atoms with Gasteiger partial charge >= 0.3 is 0 Å². The number of hydrogen-bond acceptors (Lipinski definition) is 3. The Hall–Kier alpha value is -2.78. The van der Waals surface area contributed by atoms with E-state index in [1.165, 1.54) is 5.57 Å². The highest BCUT2D eigenvalue weighted by molar-refractivity contribution is 5.90. The van der Waals surface area contributed by atoms with Crippen LogP contribution >= 0.6 is 0 Å². The summed E-state index contributed by atoms with van der Waals surface area (Å²) in [7, 11) is 0. The molecule has 0 aliphatic heterocycles. The van der Waals surface area contributed by atoms with E-state index >= 15 is 0 Å². The molecule has 1 aliphatic carbocycles. The molecule has 0 radical (unpaired) electrons. The fraction of sp³-hybridized carbons (Fsp3) is 0.143. The Morgan fingerprint density at radius 1 is 1.04 bits per heavy atom. The molecule has 0 fully saturated rings. The zero-order valence-corrected chi connectivity index (χ0v) is 13.4. The molecular formula is C21H19N3. The molecule has 0 atom stereocenters. The first-order valence-corrected chi connectivity index (χ1v) is 8.27. The maximum atomic E-state index is 5.72. The van der Waals surface area contributed by atoms with E-state index in [1.54, 1.807) is 6.20 Å². The molecule has 2 aromatic heterocycles. The minimum absolute atomic E-state index is 0.549. The van der Waals surface area contributed by atoms with Gasteiger partial charge in [-0.15, -0.1) is 0 Å². The summed E-state index contributed by atoms with van der Waals surface area (Å²) in [5, 5.41) is 1.06. The van der Waals surface area contributed by atoms with Crippen LogP contribution < -0.4 is 5.73 Å². The van der Waals surface area contributed by atoms with Crippen molar-refractivity contribution in [3.05, 3.63) is 78.0 Å². The standard InChI is InChI=1S/C21H19N3/c22-14-15-8-10-17(11-9-15)20-19(16-5-2-1-3-6-16)13-18-7-4-12-23-21(18)24-20/h2,4-13H,1,3,14,22H2. The maximum Gasteiger partial charge on any atom is 0.159 e. The van der Waals surface area contributed by atoms with Crippen molar-refractivity contribution in [2.24, 2.45) is 5.73 Å². The van der Waals surface area contributed by atoms with Crippen molar-refractivity contribution >= 4 is 16.6 Å². The normalized spacial score (nSPS) is 14.0. The zero-order chi connectivity index (χ0) is 16.4. The van der Waals surface area contributed by atoms with Crippen LogP contribution in [0.1, 0.15) is 24.0 Å². The summed E-state index contributed by atoms with van der Waals surface area (Å²) in [5.74, 6) is 0. The Labute approximate surface area is 141 Å². The summed E-state index contributed by atoms with van der Waals surface area (Å²) in [5.41, 5.74) is 12.1. The fourth-order valence-corrected chi connectivity index (χ4v) is 3.06. The van der Waals surface area contributed by atoms with Gasteiger partial charge < -0.3 is 5.73 Å². The lowest BCUT2D eigenvalue weighted by molar-refractivity contribution is 1.04. The molecule has 1 aromatic carbocycles. The van der Waals surface area contributed by atoms with Crippen molar-refractivity contribution < 1.29 is 0 Å². The van der Waals surface area contributed by atoms with Crippen LogP contribution in [-0.2, 0) is 6.54 Å². The lowest BCUT2D eigenvalue weighted by Crippen LogP contribution is -1.98. The highest BCUT2D eigenvalue weighted by atomic mass is 14.8. The quantitative estimate of drug-likeness (QED) is 0.775. The minimum Gasteiger partial charge on any atom is -0.326 e. The molecule has 3 aromatic rings. The Morgan fingerprint density at radius 2 is 1.92 bits per heavy atom. The van der Waals surface area contributed by atoms with Crippen molar-refractivity contribution in [3.8, 4) is 11.3 Å². The maximum absolute atomic E-state index is 5.72. The van der Waals surface area contributed by atoms with Gasteiger partial charge in [0.15, 0.2) is 5.65 Å². The number of hydrogen-bond donors (Lipinski definition) is 1. The fourth-order valence-electron chi connectivity index (χ4n) is 3.06. The molecule has 0 amide bonds. The molecule has 1 aliphatic rings. The van der Waals surface area contributed by atoms with Crippen LogP contribution in [0.4, 0.5) is 0 Å². The summed E-state index contributed by atoms with van der Waals surface area (Å²) in [6.45, 7) is 0.549. The first-order valence-electron chi connectivity index (χ1n) is 8.27.